The number of hydrogen-bond acceptors (Lipinski definition) is 7. The number of halogens is 2. The van der Waals surface area contributed by atoms with Crippen LogP contribution in [0.1, 0.15) is 23.7 Å². The van der Waals surface area contributed by atoms with Crippen molar-refractivity contribution in [3.63, 3.8) is 0 Å². The number of alkyl halides is 2. The average molecular weight is 526 g/mol. The highest BCUT2D eigenvalue weighted by atomic mass is 79.9. The van der Waals surface area contributed by atoms with E-state index >= 15 is 0 Å². The Balaban J connectivity index is 3.74. The second-order valence-electron chi connectivity index (χ2n) is 5.76. The number of non-ortho nitro benzene ring substituents is 1. The van der Waals surface area contributed by atoms with Crippen LogP contribution in [0.3, 0.4) is 0 Å². The number of nitrogens with zero attached hydrogens (tertiary/aromatic N) is 4. The number of benzene rings is 1. The summed E-state index contributed by atoms with van der Waals surface area (Å²) in [4.78, 5) is 37.6. The molecule has 0 aliphatic rings. The molecule has 0 aliphatic carbocycles. The molecule has 0 radical (unpaired) electrons. The Kier molecular flexibility index (Phi) is 10.3. The van der Waals surface area contributed by atoms with E-state index in [4.69, 9.17) is 0 Å². The predicted molar refractivity (Wildman–Crippen MR) is 113 cm³/mol. The van der Waals surface area contributed by atoms with Crippen molar-refractivity contribution < 1.29 is 19.7 Å². The first-order valence-corrected chi connectivity index (χ1v) is 10.8. The maximum absolute atomic E-state index is 13.1. The largest absolute Gasteiger partial charge is 0.395 e. The molecule has 0 unspecified atom stereocenters. The van der Waals surface area contributed by atoms with Gasteiger partial charge in [0.2, 0.25) is 0 Å². The SMILES string of the molecule is CCCN(CCO)C(=O)c1cc([N+](=O)[O-])cc([N+](=O)[O-])c1N(CCBr)CCBr. The van der Waals surface area contributed by atoms with Gasteiger partial charge in [-0.25, -0.2) is 0 Å². The summed E-state index contributed by atoms with van der Waals surface area (Å²) in [6.45, 7) is 2.61. The summed E-state index contributed by atoms with van der Waals surface area (Å²) in [5.41, 5.74) is -1.11. The standard InChI is InChI=1S/C16H22Br2N4O6/c1-2-5-20(8-9-23)16(24)13-10-12(21(25)26)11-14(22(27)28)15(13)19(6-3-17)7-4-18/h10-11,23H,2-9H2,1H3. The Morgan fingerprint density at radius 3 is 2.11 bits per heavy atom. The van der Waals surface area contributed by atoms with Crippen LogP contribution in [0.5, 0.6) is 0 Å². The number of amides is 1. The van der Waals surface area contributed by atoms with E-state index in [0.717, 1.165) is 12.1 Å². The fraction of sp³-hybridized carbons (Fsp3) is 0.562. The number of anilines is 1. The van der Waals surface area contributed by atoms with Crippen LogP contribution in [0.4, 0.5) is 17.1 Å². The molecule has 28 heavy (non-hydrogen) atoms. The summed E-state index contributed by atoms with van der Waals surface area (Å²) in [6.07, 6.45) is 0.602. The smallest absolute Gasteiger partial charge is 0.300 e. The highest BCUT2D eigenvalue weighted by Gasteiger charge is 2.32. The third kappa shape index (κ3) is 6.11. The Morgan fingerprint density at radius 1 is 1.07 bits per heavy atom. The number of nitro benzene ring substituents is 2. The molecule has 0 saturated carbocycles. The highest BCUT2D eigenvalue weighted by molar-refractivity contribution is 9.09. The highest BCUT2D eigenvalue weighted by Crippen LogP contribution is 2.37. The van der Waals surface area contributed by atoms with Crippen molar-refractivity contribution in [2.45, 2.75) is 13.3 Å². The van der Waals surface area contributed by atoms with Crippen LogP contribution in [0.2, 0.25) is 0 Å². The van der Waals surface area contributed by atoms with Crippen molar-refractivity contribution in [2.75, 3.05) is 48.3 Å². The molecule has 0 spiro atoms. The number of nitro groups is 2. The van der Waals surface area contributed by atoms with E-state index < -0.39 is 27.1 Å². The lowest BCUT2D eigenvalue weighted by Crippen LogP contribution is -2.37. The van der Waals surface area contributed by atoms with Gasteiger partial charge in [-0.05, 0) is 6.42 Å². The number of carbonyl (C=O) groups is 1. The van der Waals surface area contributed by atoms with E-state index in [-0.39, 0.29) is 24.4 Å². The van der Waals surface area contributed by atoms with Crippen molar-refractivity contribution in [3.8, 4) is 0 Å². The van der Waals surface area contributed by atoms with Crippen molar-refractivity contribution in [1.29, 1.82) is 0 Å². The van der Waals surface area contributed by atoms with Gasteiger partial charge in [0.1, 0.15) is 5.69 Å². The summed E-state index contributed by atoms with van der Waals surface area (Å²) < 4.78 is 0. The zero-order valence-corrected chi connectivity index (χ0v) is 18.5. The van der Waals surface area contributed by atoms with E-state index in [1.165, 1.54) is 4.90 Å². The van der Waals surface area contributed by atoms with Gasteiger partial charge in [0.05, 0.1) is 28.1 Å². The van der Waals surface area contributed by atoms with E-state index in [0.29, 0.717) is 36.7 Å². The van der Waals surface area contributed by atoms with Crippen LogP contribution in [0, 0.1) is 20.2 Å². The van der Waals surface area contributed by atoms with Gasteiger partial charge in [0.25, 0.3) is 17.3 Å². The predicted octanol–water partition coefficient (Wildman–Crippen LogP) is 2.94. The van der Waals surface area contributed by atoms with E-state index in [1.54, 1.807) is 4.90 Å². The quantitative estimate of drug-likeness (QED) is 0.252. The molecule has 156 valence electrons. The van der Waals surface area contributed by atoms with Gasteiger partial charge in [-0.1, -0.05) is 38.8 Å². The number of aliphatic hydroxyl groups is 1. The van der Waals surface area contributed by atoms with Gasteiger partial charge in [0, 0.05) is 42.9 Å². The topological polar surface area (TPSA) is 130 Å². The summed E-state index contributed by atoms with van der Waals surface area (Å²) in [6, 6.07) is 1.94. The van der Waals surface area contributed by atoms with Crippen LogP contribution >= 0.6 is 31.9 Å². The summed E-state index contributed by atoms with van der Waals surface area (Å²) >= 11 is 6.59. The van der Waals surface area contributed by atoms with Crippen molar-refractivity contribution in [3.05, 3.63) is 37.9 Å². The minimum absolute atomic E-state index is 0.0273. The maximum Gasteiger partial charge on any atom is 0.300 e. The molecular formula is C16H22Br2N4O6. The Bertz CT molecular complexity index is 707. The number of rotatable bonds is 12. The molecule has 0 heterocycles. The van der Waals surface area contributed by atoms with Crippen LogP contribution in [-0.4, -0.2) is 69.2 Å². The molecule has 0 saturated heterocycles. The van der Waals surface area contributed by atoms with Crippen LogP contribution in [0.15, 0.2) is 12.1 Å². The Morgan fingerprint density at radius 2 is 1.68 bits per heavy atom. The second kappa shape index (κ2) is 11.9. The van der Waals surface area contributed by atoms with Crippen molar-refractivity contribution in [1.82, 2.24) is 4.90 Å². The number of aliphatic hydroxyl groups excluding tert-OH is 1. The van der Waals surface area contributed by atoms with E-state index in [2.05, 4.69) is 31.9 Å². The molecule has 1 amide bonds. The normalized spacial score (nSPS) is 10.6. The number of hydrogen-bond donors (Lipinski definition) is 1. The first kappa shape index (κ1) is 24.2. The summed E-state index contributed by atoms with van der Waals surface area (Å²) in [7, 11) is 0. The van der Waals surface area contributed by atoms with Gasteiger partial charge in [-0.15, -0.1) is 0 Å². The molecule has 1 rings (SSSR count). The molecule has 1 aromatic carbocycles. The molecule has 0 fully saturated rings. The lowest BCUT2D eigenvalue weighted by atomic mass is 10.1. The van der Waals surface area contributed by atoms with Gasteiger partial charge in [0.15, 0.2) is 0 Å². The van der Waals surface area contributed by atoms with Crippen LogP contribution in [0.25, 0.3) is 0 Å². The molecule has 1 aromatic rings. The molecule has 0 aromatic heterocycles. The molecule has 12 heteroatoms. The van der Waals surface area contributed by atoms with E-state index in [1.807, 2.05) is 6.92 Å². The number of carbonyl (C=O) groups excluding carboxylic acids is 1. The third-order valence-corrected chi connectivity index (χ3v) is 4.60. The molecular weight excluding hydrogens is 504 g/mol. The summed E-state index contributed by atoms with van der Waals surface area (Å²) in [5.74, 6) is -0.591. The summed E-state index contributed by atoms with van der Waals surface area (Å²) in [5, 5.41) is 33.2. The first-order valence-electron chi connectivity index (χ1n) is 8.56. The molecule has 0 bridgehead atoms. The minimum Gasteiger partial charge on any atom is -0.395 e. The third-order valence-electron chi connectivity index (χ3n) is 3.89. The first-order chi connectivity index (χ1) is 13.3. The van der Waals surface area contributed by atoms with Crippen LogP contribution < -0.4 is 4.90 Å². The minimum atomic E-state index is -0.761. The fourth-order valence-electron chi connectivity index (χ4n) is 2.76. The molecule has 1 N–H and O–H groups in total. The zero-order chi connectivity index (χ0) is 21.3. The molecule has 10 nitrogen and oxygen atoms in total. The van der Waals surface area contributed by atoms with Crippen LogP contribution in [-0.2, 0) is 0 Å². The molecule has 0 aliphatic heterocycles. The van der Waals surface area contributed by atoms with Gasteiger partial charge < -0.3 is 14.9 Å². The molecule has 0 atom stereocenters. The second-order valence-corrected chi connectivity index (χ2v) is 7.34. The Hall–Kier alpha value is -1.79. The Labute approximate surface area is 179 Å². The van der Waals surface area contributed by atoms with Gasteiger partial charge >= 0.3 is 0 Å². The van der Waals surface area contributed by atoms with E-state index in [9.17, 15) is 30.1 Å². The zero-order valence-electron chi connectivity index (χ0n) is 15.3. The van der Waals surface area contributed by atoms with Crippen molar-refractivity contribution >= 4 is 54.8 Å². The lowest BCUT2D eigenvalue weighted by molar-refractivity contribution is -0.393. The average Bonchev–Trinajstić information content (AvgIpc) is 2.65. The van der Waals surface area contributed by atoms with Crippen molar-refractivity contribution in [2.24, 2.45) is 0 Å². The van der Waals surface area contributed by atoms with Gasteiger partial charge in [-0.3, -0.25) is 25.0 Å². The van der Waals surface area contributed by atoms with Gasteiger partial charge in [-0.2, -0.15) is 0 Å². The fourth-order valence-corrected chi connectivity index (χ4v) is 3.62. The lowest BCUT2D eigenvalue weighted by Gasteiger charge is -2.27. The monoisotopic (exact) mass is 524 g/mol. The maximum atomic E-state index is 13.1.